The molecule has 0 unspecified atom stereocenters. The number of nitrogen functional groups attached to an aromatic ring is 1. The number of hydrogen-bond donors (Lipinski definition) is 2. The first kappa shape index (κ1) is 12.4. The van der Waals surface area contributed by atoms with Crippen LogP contribution in [0.25, 0.3) is 0 Å². The molecule has 0 aromatic heterocycles. The van der Waals surface area contributed by atoms with E-state index >= 15 is 0 Å². The number of methoxy groups -OCH3 is 1. The van der Waals surface area contributed by atoms with E-state index in [0.29, 0.717) is 23.5 Å². The molecule has 0 atom stereocenters. The Bertz CT molecular complexity index is 364. The molecular weight excluding hydrogens is 204 g/mol. The lowest BCUT2D eigenvalue weighted by Crippen LogP contribution is -2.25. The highest BCUT2D eigenvalue weighted by Crippen LogP contribution is 2.24. The second-order valence-corrected chi connectivity index (χ2v) is 3.53. The Kier molecular flexibility index (Phi) is 4.64. The van der Waals surface area contributed by atoms with E-state index in [9.17, 15) is 4.79 Å². The summed E-state index contributed by atoms with van der Waals surface area (Å²) >= 11 is 0. The average Bonchev–Trinajstić information content (AvgIpc) is 2.29. The molecule has 0 spiro atoms. The van der Waals surface area contributed by atoms with Crippen LogP contribution >= 0.6 is 0 Å². The van der Waals surface area contributed by atoms with E-state index in [1.54, 1.807) is 18.2 Å². The van der Waals surface area contributed by atoms with Crippen molar-refractivity contribution in [1.29, 1.82) is 0 Å². The van der Waals surface area contributed by atoms with Crippen molar-refractivity contribution in [1.82, 2.24) is 5.32 Å². The molecule has 4 heteroatoms. The van der Waals surface area contributed by atoms with Crippen LogP contribution in [-0.4, -0.2) is 19.6 Å². The lowest BCUT2D eigenvalue weighted by Gasteiger charge is -2.10. The maximum Gasteiger partial charge on any atom is 0.253 e. The summed E-state index contributed by atoms with van der Waals surface area (Å²) in [6, 6.07) is 5.18. The number of nitrogens with one attached hydrogen (secondary N) is 1. The number of benzene rings is 1. The summed E-state index contributed by atoms with van der Waals surface area (Å²) in [6.07, 6.45) is 2.02. The number of ether oxygens (including phenoxy) is 1. The summed E-state index contributed by atoms with van der Waals surface area (Å²) in [5.41, 5.74) is 6.67. The number of carbonyl (C=O) groups is 1. The lowest BCUT2D eigenvalue weighted by atomic mass is 10.1. The second-order valence-electron chi connectivity index (χ2n) is 3.53. The highest BCUT2D eigenvalue weighted by atomic mass is 16.5. The number of unbranched alkanes of at least 4 members (excludes halogenated alkanes) is 1. The van der Waals surface area contributed by atoms with E-state index in [-0.39, 0.29) is 5.91 Å². The van der Waals surface area contributed by atoms with E-state index in [2.05, 4.69) is 12.2 Å². The molecule has 3 N–H and O–H groups in total. The minimum Gasteiger partial charge on any atom is -0.495 e. The quantitative estimate of drug-likeness (QED) is 0.590. The molecule has 0 saturated carbocycles. The summed E-state index contributed by atoms with van der Waals surface area (Å²) in [4.78, 5) is 11.8. The zero-order valence-electron chi connectivity index (χ0n) is 9.75. The number of anilines is 1. The fourth-order valence-corrected chi connectivity index (χ4v) is 1.39. The molecule has 0 saturated heterocycles. The van der Waals surface area contributed by atoms with Crippen LogP contribution in [-0.2, 0) is 0 Å². The normalized spacial score (nSPS) is 9.88. The van der Waals surface area contributed by atoms with Gasteiger partial charge in [-0.15, -0.1) is 0 Å². The van der Waals surface area contributed by atoms with E-state index in [1.807, 2.05) is 0 Å². The zero-order chi connectivity index (χ0) is 12.0. The van der Waals surface area contributed by atoms with Gasteiger partial charge < -0.3 is 15.8 Å². The van der Waals surface area contributed by atoms with Crippen LogP contribution in [0, 0.1) is 0 Å². The zero-order valence-corrected chi connectivity index (χ0v) is 9.75. The average molecular weight is 222 g/mol. The lowest BCUT2D eigenvalue weighted by molar-refractivity contribution is 0.0954. The van der Waals surface area contributed by atoms with E-state index in [4.69, 9.17) is 10.5 Å². The Morgan fingerprint density at radius 3 is 2.88 bits per heavy atom. The first-order valence-electron chi connectivity index (χ1n) is 5.41. The third-order valence-corrected chi connectivity index (χ3v) is 2.35. The van der Waals surface area contributed by atoms with Crippen LogP contribution < -0.4 is 15.8 Å². The molecule has 1 aromatic rings. The molecule has 0 aliphatic carbocycles. The van der Waals surface area contributed by atoms with Gasteiger partial charge in [-0.05, 0) is 18.6 Å². The van der Waals surface area contributed by atoms with Crippen molar-refractivity contribution in [2.24, 2.45) is 0 Å². The Hall–Kier alpha value is -1.71. The van der Waals surface area contributed by atoms with Gasteiger partial charge in [-0.1, -0.05) is 19.4 Å². The predicted octanol–water partition coefficient (Wildman–Crippen LogP) is 1.81. The van der Waals surface area contributed by atoms with E-state index in [1.165, 1.54) is 7.11 Å². The number of carbonyl (C=O) groups excluding carboxylic acids is 1. The Morgan fingerprint density at radius 1 is 1.50 bits per heavy atom. The SMILES string of the molecule is CCCCNC(=O)c1cccc(OC)c1N. The molecule has 0 fully saturated rings. The summed E-state index contributed by atoms with van der Waals surface area (Å²) in [7, 11) is 1.53. The van der Waals surface area contributed by atoms with Gasteiger partial charge in [0, 0.05) is 6.54 Å². The van der Waals surface area contributed by atoms with Crippen molar-refractivity contribution < 1.29 is 9.53 Å². The second kappa shape index (κ2) is 6.00. The highest BCUT2D eigenvalue weighted by Gasteiger charge is 2.11. The minimum absolute atomic E-state index is 0.148. The topological polar surface area (TPSA) is 64.3 Å². The highest BCUT2D eigenvalue weighted by molar-refractivity contribution is 6.00. The molecule has 0 radical (unpaired) electrons. The van der Waals surface area contributed by atoms with Gasteiger partial charge in [0.1, 0.15) is 5.75 Å². The van der Waals surface area contributed by atoms with Crippen LogP contribution in [0.3, 0.4) is 0 Å². The van der Waals surface area contributed by atoms with Gasteiger partial charge in [-0.2, -0.15) is 0 Å². The Morgan fingerprint density at radius 2 is 2.25 bits per heavy atom. The minimum atomic E-state index is -0.148. The molecule has 1 rings (SSSR count). The molecule has 0 aliphatic rings. The third-order valence-electron chi connectivity index (χ3n) is 2.35. The van der Waals surface area contributed by atoms with Crippen molar-refractivity contribution in [3.63, 3.8) is 0 Å². The number of rotatable bonds is 5. The molecule has 4 nitrogen and oxygen atoms in total. The standard InChI is InChI=1S/C12H18N2O2/c1-3-4-8-14-12(15)9-6-5-7-10(16-2)11(9)13/h5-7H,3-4,8,13H2,1-2H3,(H,14,15). The Balaban J connectivity index is 2.75. The molecule has 1 amide bonds. The number of hydrogen-bond acceptors (Lipinski definition) is 3. The van der Waals surface area contributed by atoms with Crippen LogP contribution in [0.15, 0.2) is 18.2 Å². The van der Waals surface area contributed by atoms with Gasteiger partial charge in [0.2, 0.25) is 0 Å². The van der Waals surface area contributed by atoms with E-state index in [0.717, 1.165) is 12.8 Å². The summed E-state index contributed by atoms with van der Waals surface area (Å²) in [6.45, 7) is 2.75. The van der Waals surface area contributed by atoms with Gasteiger partial charge in [-0.3, -0.25) is 4.79 Å². The fourth-order valence-electron chi connectivity index (χ4n) is 1.39. The van der Waals surface area contributed by atoms with Crippen LogP contribution in [0.4, 0.5) is 5.69 Å². The molecule has 88 valence electrons. The number of amides is 1. The predicted molar refractivity (Wildman–Crippen MR) is 64.6 cm³/mol. The van der Waals surface area contributed by atoms with Crippen LogP contribution in [0.5, 0.6) is 5.75 Å². The van der Waals surface area contributed by atoms with Crippen molar-refractivity contribution in [2.45, 2.75) is 19.8 Å². The summed E-state index contributed by atoms with van der Waals surface area (Å²) < 4.78 is 5.06. The van der Waals surface area contributed by atoms with Crippen molar-refractivity contribution in [3.8, 4) is 5.75 Å². The third kappa shape index (κ3) is 2.89. The number of nitrogens with two attached hydrogens (primary N) is 1. The molecule has 0 bridgehead atoms. The molecule has 16 heavy (non-hydrogen) atoms. The maximum absolute atomic E-state index is 11.8. The summed E-state index contributed by atoms with van der Waals surface area (Å²) in [5, 5.41) is 2.82. The smallest absolute Gasteiger partial charge is 0.253 e. The van der Waals surface area contributed by atoms with Crippen molar-refractivity contribution in [2.75, 3.05) is 19.4 Å². The van der Waals surface area contributed by atoms with Gasteiger partial charge in [-0.25, -0.2) is 0 Å². The first-order chi connectivity index (χ1) is 7.70. The number of para-hydroxylation sites is 1. The van der Waals surface area contributed by atoms with Gasteiger partial charge in [0.15, 0.2) is 0 Å². The van der Waals surface area contributed by atoms with E-state index < -0.39 is 0 Å². The monoisotopic (exact) mass is 222 g/mol. The molecule has 0 heterocycles. The van der Waals surface area contributed by atoms with Crippen LogP contribution in [0.2, 0.25) is 0 Å². The van der Waals surface area contributed by atoms with Crippen molar-refractivity contribution >= 4 is 11.6 Å². The van der Waals surface area contributed by atoms with Gasteiger partial charge in [0.25, 0.3) is 5.91 Å². The van der Waals surface area contributed by atoms with Crippen molar-refractivity contribution in [3.05, 3.63) is 23.8 Å². The first-order valence-corrected chi connectivity index (χ1v) is 5.41. The maximum atomic E-state index is 11.8. The molecule has 0 aliphatic heterocycles. The van der Waals surface area contributed by atoms with Gasteiger partial charge >= 0.3 is 0 Å². The largest absolute Gasteiger partial charge is 0.495 e. The molecule has 1 aromatic carbocycles. The van der Waals surface area contributed by atoms with Crippen LogP contribution in [0.1, 0.15) is 30.1 Å². The molecular formula is C12H18N2O2. The fraction of sp³-hybridized carbons (Fsp3) is 0.417. The Labute approximate surface area is 95.8 Å². The summed E-state index contributed by atoms with van der Waals surface area (Å²) in [5.74, 6) is 0.382. The van der Waals surface area contributed by atoms with Gasteiger partial charge in [0.05, 0.1) is 18.4 Å².